The van der Waals surface area contributed by atoms with Crippen LogP contribution in [0.25, 0.3) is 0 Å². The molecule has 0 amide bonds. The maximum absolute atomic E-state index is 11.5. The van der Waals surface area contributed by atoms with Crippen molar-refractivity contribution in [2.45, 2.75) is 32.1 Å². The third kappa shape index (κ3) is 5.23. The molecule has 0 heterocycles. The van der Waals surface area contributed by atoms with Crippen LogP contribution in [0.4, 0.5) is 0 Å². The molecule has 1 rings (SSSR count). The maximum atomic E-state index is 11.5. The summed E-state index contributed by atoms with van der Waals surface area (Å²) in [6.45, 7) is 5.55. The standard InChI is InChI=1S/C13H17NO3S/c1-13(2,3)18(16)14-9-12(15)17-10-11-7-5-4-6-8-11/h4-9H,10H2,1-3H3/b14-9+/t18-/m1/s1. The molecule has 1 atom stereocenters. The number of rotatable bonds is 4. The first kappa shape index (κ1) is 14.6. The molecule has 0 saturated carbocycles. The zero-order valence-corrected chi connectivity index (χ0v) is 11.6. The van der Waals surface area contributed by atoms with Crippen molar-refractivity contribution in [2.75, 3.05) is 0 Å². The summed E-state index contributed by atoms with van der Waals surface area (Å²) in [5.41, 5.74) is 0.899. The molecule has 0 fully saturated rings. The summed E-state index contributed by atoms with van der Waals surface area (Å²) in [5, 5.41) is 0. The van der Waals surface area contributed by atoms with Gasteiger partial charge >= 0.3 is 5.97 Å². The normalized spacial score (nSPS) is 13.5. The molecule has 1 aromatic rings. The molecule has 98 valence electrons. The summed E-state index contributed by atoms with van der Waals surface area (Å²) >= 11 is 0. The van der Waals surface area contributed by atoms with Crippen molar-refractivity contribution in [3.05, 3.63) is 35.9 Å². The van der Waals surface area contributed by atoms with E-state index in [0.29, 0.717) is 0 Å². The highest BCUT2D eigenvalue weighted by Gasteiger charge is 2.18. The summed E-state index contributed by atoms with van der Waals surface area (Å²) in [6.07, 6.45) is 0.976. The fraction of sp³-hybridized carbons (Fsp3) is 0.385. The van der Waals surface area contributed by atoms with Crippen LogP contribution in [0.5, 0.6) is 0 Å². The number of nitrogens with zero attached hydrogens (tertiary/aromatic N) is 1. The summed E-state index contributed by atoms with van der Waals surface area (Å²) in [6, 6.07) is 9.34. The minimum Gasteiger partial charge on any atom is -0.457 e. The van der Waals surface area contributed by atoms with E-state index in [-0.39, 0.29) is 6.61 Å². The van der Waals surface area contributed by atoms with E-state index in [1.807, 2.05) is 30.3 Å². The first-order chi connectivity index (χ1) is 8.39. The zero-order chi connectivity index (χ0) is 13.6. The monoisotopic (exact) mass is 267 g/mol. The molecule has 0 unspecified atom stereocenters. The van der Waals surface area contributed by atoms with Crippen LogP contribution in [0, 0.1) is 0 Å². The van der Waals surface area contributed by atoms with Crippen LogP contribution in [0.1, 0.15) is 26.3 Å². The van der Waals surface area contributed by atoms with Crippen molar-refractivity contribution in [1.82, 2.24) is 0 Å². The average molecular weight is 267 g/mol. The van der Waals surface area contributed by atoms with E-state index in [2.05, 4.69) is 4.40 Å². The van der Waals surface area contributed by atoms with E-state index in [1.54, 1.807) is 20.8 Å². The lowest BCUT2D eigenvalue weighted by Gasteiger charge is -2.12. The number of carbonyl (C=O) groups is 1. The molecule has 0 N–H and O–H groups in total. The predicted molar refractivity (Wildman–Crippen MR) is 72.6 cm³/mol. The minimum absolute atomic E-state index is 0.188. The van der Waals surface area contributed by atoms with Gasteiger partial charge < -0.3 is 4.74 Å². The van der Waals surface area contributed by atoms with Crippen molar-refractivity contribution in [1.29, 1.82) is 0 Å². The highest BCUT2D eigenvalue weighted by Crippen LogP contribution is 2.11. The predicted octanol–water partition coefficient (Wildman–Crippen LogP) is 2.26. The van der Waals surface area contributed by atoms with Crippen molar-refractivity contribution < 1.29 is 13.7 Å². The lowest BCUT2D eigenvalue weighted by atomic mass is 10.2. The fourth-order valence-corrected chi connectivity index (χ4v) is 1.51. The van der Waals surface area contributed by atoms with Crippen LogP contribution >= 0.6 is 0 Å². The average Bonchev–Trinajstić information content (AvgIpc) is 2.33. The molecule has 18 heavy (non-hydrogen) atoms. The Labute approximate surface area is 110 Å². The summed E-state index contributed by atoms with van der Waals surface area (Å²) < 4.78 is 19.7. The Morgan fingerprint density at radius 2 is 1.94 bits per heavy atom. The number of esters is 1. The second-order valence-electron chi connectivity index (χ2n) is 4.69. The van der Waals surface area contributed by atoms with Gasteiger partial charge in [0.1, 0.15) is 23.8 Å². The van der Waals surface area contributed by atoms with Gasteiger partial charge in [0, 0.05) is 0 Å². The molecule has 5 heteroatoms. The molecule has 0 aliphatic heterocycles. The minimum atomic E-state index is -1.44. The Morgan fingerprint density at radius 1 is 1.33 bits per heavy atom. The van der Waals surface area contributed by atoms with E-state index in [4.69, 9.17) is 4.74 Å². The largest absolute Gasteiger partial charge is 0.457 e. The van der Waals surface area contributed by atoms with Crippen molar-refractivity contribution in [3.8, 4) is 0 Å². The maximum Gasteiger partial charge on any atom is 0.350 e. The Bertz CT molecular complexity index is 449. The molecule has 0 spiro atoms. The van der Waals surface area contributed by atoms with Crippen LogP contribution in [0.15, 0.2) is 34.7 Å². The Balaban J connectivity index is 2.43. The highest BCUT2D eigenvalue weighted by molar-refractivity contribution is 7.85. The number of benzene rings is 1. The van der Waals surface area contributed by atoms with Gasteiger partial charge in [-0.2, -0.15) is 4.40 Å². The van der Waals surface area contributed by atoms with E-state index in [9.17, 15) is 9.00 Å². The summed E-state index contributed by atoms with van der Waals surface area (Å²) in [5.74, 6) is -0.587. The van der Waals surface area contributed by atoms with Crippen LogP contribution in [-0.2, 0) is 27.1 Å². The molecular weight excluding hydrogens is 250 g/mol. The van der Waals surface area contributed by atoms with Gasteiger partial charge in [0.2, 0.25) is 0 Å². The van der Waals surface area contributed by atoms with Gasteiger partial charge in [0.25, 0.3) is 0 Å². The van der Waals surface area contributed by atoms with Gasteiger partial charge in [-0.05, 0) is 26.3 Å². The van der Waals surface area contributed by atoms with E-state index in [1.165, 1.54) is 0 Å². The van der Waals surface area contributed by atoms with Gasteiger partial charge in [-0.25, -0.2) is 9.00 Å². The smallest absolute Gasteiger partial charge is 0.350 e. The fourth-order valence-electron chi connectivity index (χ4n) is 1.01. The number of ether oxygens (including phenoxy) is 1. The summed E-state index contributed by atoms with van der Waals surface area (Å²) in [7, 11) is -1.44. The van der Waals surface area contributed by atoms with E-state index < -0.39 is 21.7 Å². The zero-order valence-electron chi connectivity index (χ0n) is 10.8. The number of carbonyl (C=O) groups excluding carboxylic acids is 1. The lowest BCUT2D eigenvalue weighted by molar-refractivity contribution is -0.136. The molecule has 0 radical (unpaired) electrons. The Morgan fingerprint density at radius 3 is 2.50 bits per heavy atom. The Hall–Kier alpha value is -1.49. The van der Waals surface area contributed by atoms with Crippen molar-refractivity contribution in [3.63, 3.8) is 0 Å². The Kier molecular flexibility index (Phi) is 5.22. The van der Waals surface area contributed by atoms with Gasteiger partial charge in [0.15, 0.2) is 0 Å². The lowest BCUT2D eigenvalue weighted by Crippen LogP contribution is -2.20. The van der Waals surface area contributed by atoms with Crippen LogP contribution in [0.2, 0.25) is 0 Å². The van der Waals surface area contributed by atoms with Gasteiger partial charge in [-0.1, -0.05) is 30.3 Å². The van der Waals surface area contributed by atoms with Crippen molar-refractivity contribution in [2.24, 2.45) is 4.40 Å². The third-order valence-corrected chi connectivity index (χ3v) is 3.35. The molecule has 0 aromatic heterocycles. The highest BCUT2D eigenvalue weighted by atomic mass is 32.2. The second kappa shape index (κ2) is 6.44. The molecule has 4 nitrogen and oxygen atoms in total. The first-order valence-corrected chi connectivity index (χ1v) is 6.67. The van der Waals surface area contributed by atoms with Gasteiger partial charge in [-0.3, -0.25) is 0 Å². The van der Waals surface area contributed by atoms with E-state index >= 15 is 0 Å². The summed E-state index contributed by atoms with van der Waals surface area (Å²) in [4.78, 5) is 11.3. The number of hydrogen-bond acceptors (Lipinski definition) is 3. The van der Waals surface area contributed by atoms with Crippen molar-refractivity contribution >= 4 is 23.2 Å². The molecule has 1 aromatic carbocycles. The van der Waals surface area contributed by atoms with Crippen LogP contribution in [0.3, 0.4) is 0 Å². The molecular formula is C13H17NO3S. The molecule has 0 saturated heterocycles. The van der Waals surface area contributed by atoms with Gasteiger partial charge in [0.05, 0.1) is 4.75 Å². The van der Waals surface area contributed by atoms with Crippen LogP contribution < -0.4 is 0 Å². The third-order valence-electron chi connectivity index (χ3n) is 2.00. The molecule has 0 aliphatic rings. The SMILES string of the molecule is CC(C)(C)[S@@](=O)/N=C/C(=O)OCc1ccccc1. The topological polar surface area (TPSA) is 55.7 Å². The van der Waals surface area contributed by atoms with Crippen LogP contribution in [-0.4, -0.2) is 21.1 Å². The molecule has 0 aliphatic carbocycles. The quantitative estimate of drug-likeness (QED) is 0.621. The van der Waals surface area contributed by atoms with Gasteiger partial charge in [-0.15, -0.1) is 0 Å². The second-order valence-corrected chi connectivity index (χ2v) is 6.62. The molecule has 0 bridgehead atoms. The number of hydrogen-bond donors (Lipinski definition) is 0. The van der Waals surface area contributed by atoms with E-state index in [0.717, 1.165) is 11.8 Å². The first-order valence-electron chi connectivity index (χ1n) is 5.56.